The Morgan fingerprint density at radius 1 is 1.24 bits per heavy atom. The van der Waals surface area contributed by atoms with E-state index in [1.54, 1.807) is 32.0 Å². The lowest BCUT2D eigenvalue weighted by Crippen LogP contribution is -2.38. The molecule has 8 nitrogen and oxygen atoms in total. The minimum Gasteiger partial charge on any atom is -0.486 e. The predicted octanol–water partition coefficient (Wildman–Crippen LogP) is 3.41. The zero-order valence-electron chi connectivity index (χ0n) is 18.9. The van der Waals surface area contributed by atoms with Gasteiger partial charge >= 0.3 is 5.92 Å². The number of H-pyrrole nitrogens is 1. The lowest BCUT2D eigenvalue weighted by molar-refractivity contribution is -0.0369. The normalized spacial score (nSPS) is 24.5. The number of aliphatic hydroxyl groups is 2. The molecule has 1 aliphatic heterocycles. The molecule has 1 fully saturated rings. The van der Waals surface area contributed by atoms with Gasteiger partial charge in [-0.25, -0.2) is 9.97 Å². The molecule has 0 amide bonds. The van der Waals surface area contributed by atoms with Gasteiger partial charge in [-0.05, 0) is 51.7 Å². The Hall–Kier alpha value is -3.11. The molecule has 180 valence electrons. The number of rotatable bonds is 4. The van der Waals surface area contributed by atoms with Crippen molar-refractivity contribution in [1.82, 2.24) is 15.0 Å². The molecule has 4 N–H and O–H groups in total. The topological polar surface area (TPSA) is 120 Å². The Kier molecular flexibility index (Phi) is 5.33. The molecule has 1 saturated carbocycles. The van der Waals surface area contributed by atoms with E-state index >= 15 is 0 Å². The fraction of sp³-hybridized carbons (Fsp3) is 0.458. The highest BCUT2D eigenvalue weighted by Crippen LogP contribution is 2.45. The minimum atomic E-state index is -3.04. The second kappa shape index (κ2) is 7.99. The molecule has 0 radical (unpaired) electrons. The van der Waals surface area contributed by atoms with Crippen LogP contribution in [0.4, 0.5) is 14.6 Å². The maximum Gasteiger partial charge on any atom is 0.310 e. The second-order valence-electron chi connectivity index (χ2n) is 9.24. The third-order valence-corrected chi connectivity index (χ3v) is 6.76. The molecule has 2 aliphatic rings. The summed E-state index contributed by atoms with van der Waals surface area (Å²) in [5.41, 5.74) is -0.900. The lowest BCUT2D eigenvalue weighted by atomic mass is 9.79. The van der Waals surface area contributed by atoms with Crippen LogP contribution in [0.3, 0.4) is 0 Å². The van der Waals surface area contributed by atoms with Crippen LogP contribution in [0.5, 0.6) is 5.75 Å². The molecular formula is C24H26F2N4O4. The average Bonchev–Trinajstić information content (AvgIpc) is 3.10. The molecule has 1 aliphatic carbocycles. The first-order chi connectivity index (χ1) is 16.1. The first-order valence-electron chi connectivity index (χ1n) is 11.3. The monoisotopic (exact) mass is 472 g/mol. The van der Waals surface area contributed by atoms with E-state index in [1.165, 1.54) is 6.07 Å². The van der Waals surface area contributed by atoms with Crippen molar-refractivity contribution in [2.75, 3.05) is 11.9 Å². The summed E-state index contributed by atoms with van der Waals surface area (Å²) in [6.07, 6.45) is 0.812. The Bertz CT molecular complexity index is 1320. The molecule has 34 heavy (non-hydrogen) atoms. The van der Waals surface area contributed by atoms with Crippen molar-refractivity contribution in [2.24, 2.45) is 0 Å². The third-order valence-electron chi connectivity index (χ3n) is 6.76. The van der Waals surface area contributed by atoms with E-state index in [0.717, 1.165) is 0 Å². The quantitative estimate of drug-likeness (QED) is 0.459. The number of nitrogens with one attached hydrogen (secondary N) is 2. The molecule has 1 atom stereocenters. The van der Waals surface area contributed by atoms with Gasteiger partial charge in [0.1, 0.15) is 23.0 Å². The van der Waals surface area contributed by atoms with Crippen LogP contribution in [0, 0.1) is 6.92 Å². The van der Waals surface area contributed by atoms with Crippen LogP contribution in [-0.4, -0.2) is 37.9 Å². The summed E-state index contributed by atoms with van der Waals surface area (Å²) in [5.74, 6) is -2.08. The van der Waals surface area contributed by atoms with Gasteiger partial charge in [0.25, 0.3) is 5.56 Å². The molecule has 0 bridgehead atoms. The first kappa shape index (κ1) is 22.7. The minimum absolute atomic E-state index is 0.143. The number of aliphatic hydroxyl groups excluding tert-OH is 1. The number of ether oxygens (including phenoxy) is 1. The van der Waals surface area contributed by atoms with Crippen molar-refractivity contribution in [1.29, 1.82) is 0 Å². The van der Waals surface area contributed by atoms with E-state index in [9.17, 15) is 23.8 Å². The molecular weight excluding hydrogens is 446 g/mol. The molecule has 3 aromatic rings. The second-order valence-corrected chi connectivity index (χ2v) is 9.24. The van der Waals surface area contributed by atoms with Crippen molar-refractivity contribution >= 4 is 16.9 Å². The number of anilines is 1. The molecule has 1 aromatic carbocycles. The molecule has 5 rings (SSSR count). The summed E-state index contributed by atoms with van der Waals surface area (Å²) < 4.78 is 33.6. The zero-order valence-corrected chi connectivity index (χ0v) is 18.9. The highest BCUT2D eigenvalue weighted by atomic mass is 19.3. The average molecular weight is 472 g/mol. The number of nitrogens with zero attached hydrogens (tertiary/aromatic N) is 2. The van der Waals surface area contributed by atoms with E-state index in [4.69, 9.17) is 4.74 Å². The first-order valence-corrected chi connectivity index (χ1v) is 11.3. The fourth-order valence-electron chi connectivity index (χ4n) is 4.87. The van der Waals surface area contributed by atoms with Crippen molar-refractivity contribution in [3.8, 4) is 5.75 Å². The summed E-state index contributed by atoms with van der Waals surface area (Å²) in [7, 11) is 0. The van der Waals surface area contributed by atoms with Crippen molar-refractivity contribution in [2.45, 2.75) is 63.2 Å². The summed E-state index contributed by atoms with van der Waals surface area (Å²) >= 11 is 0. The van der Waals surface area contributed by atoms with Gasteiger partial charge in [-0.15, -0.1) is 0 Å². The number of hydrogen-bond acceptors (Lipinski definition) is 7. The Labute approximate surface area is 194 Å². The fourth-order valence-corrected chi connectivity index (χ4v) is 4.87. The highest BCUT2D eigenvalue weighted by molar-refractivity contribution is 5.87. The number of hydrogen-bond donors (Lipinski definition) is 4. The summed E-state index contributed by atoms with van der Waals surface area (Å²) in [6.45, 7) is 2.79. The maximum absolute atomic E-state index is 14.1. The molecule has 0 saturated heterocycles. The van der Waals surface area contributed by atoms with Crippen LogP contribution in [-0.2, 0) is 11.5 Å². The van der Waals surface area contributed by atoms with Crippen LogP contribution >= 0.6 is 0 Å². The molecule has 0 unspecified atom stereocenters. The van der Waals surface area contributed by atoms with Gasteiger partial charge in [-0.1, -0.05) is 12.1 Å². The van der Waals surface area contributed by atoms with E-state index in [0.29, 0.717) is 41.1 Å². The standard InChI is InChI=1S/C24H26F2N4O4/c1-12(15-4-3-5-17-19(15)34-11-24(17,25)26)27-20-16-10-18(23(33)8-6-14(31)7-9-23)22(32)30-21(16)29-13(2)28-20/h3-5,10,12,14,31,33H,6-9,11H2,1-2H3,(H2,27,28,29,30,32)/t12-,14-,23+/m1/s1. The van der Waals surface area contributed by atoms with Gasteiger partial charge in [-0.2, -0.15) is 8.78 Å². The molecule has 3 heterocycles. The Morgan fingerprint density at radius 3 is 2.71 bits per heavy atom. The highest BCUT2D eigenvalue weighted by Gasteiger charge is 2.43. The van der Waals surface area contributed by atoms with Gasteiger partial charge in [-0.3, -0.25) is 4.79 Å². The van der Waals surface area contributed by atoms with E-state index in [1.807, 2.05) is 0 Å². The van der Waals surface area contributed by atoms with Crippen LogP contribution in [0.2, 0.25) is 0 Å². The molecule has 2 aromatic heterocycles. The van der Waals surface area contributed by atoms with E-state index < -0.39 is 35.8 Å². The van der Waals surface area contributed by atoms with E-state index in [-0.39, 0.29) is 29.7 Å². The number of aromatic amines is 1. The largest absolute Gasteiger partial charge is 0.486 e. The number of alkyl halides is 2. The van der Waals surface area contributed by atoms with Gasteiger partial charge in [0.05, 0.1) is 28.7 Å². The van der Waals surface area contributed by atoms with Crippen LogP contribution in [0.1, 0.15) is 61.2 Å². The zero-order chi connectivity index (χ0) is 24.3. The molecule has 0 spiro atoms. The van der Waals surface area contributed by atoms with Crippen molar-refractivity contribution < 1.29 is 23.7 Å². The van der Waals surface area contributed by atoms with Crippen LogP contribution in [0.25, 0.3) is 11.0 Å². The van der Waals surface area contributed by atoms with Gasteiger partial charge in [0.15, 0.2) is 6.61 Å². The smallest absolute Gasteiger partial charge is 0.310 e. The Morgan fingerprint density at radius 2 is 1.97 bits per heavy atom. The van der Waals surface area contributed by atoms with Gasteiger partial charge in [0, 0.05) is 11.1 Å². The number of benzene rings is 1. The van der Waals surface area contributed by atoms with Gasteiger partial charge < -0.3 is 25.3 Å². The maximum atomic E-state index is 14.1. The number of halogens is 2. The summed E-state index contributed by atoms with van der Waals surface area (Å²) in [4.78, 5) is 24.4. The number of aryl methyl sites for hydroxylation is 1. The number of fused-ring (bicyclic) bond motifs is 2. The number of para-hydroxylation sites is 1. The number of aromatic nitrogens is 3. The summed E-state index contributed by atoms with van der Waals surface area (Å²) in [6, 6.07) is 5.78. The number of pyridine rings is 1. The molecule has 10 heteroatoms. The van der Waals surface area contributed by atoms with Crippen LogP contribution < -0.4 is 15.6 Å². The van der Waals surface area contributed by atoms with Crippen LogP contribution in [0.15, 0.2) is 29.1 Å². The van der Waals surface area contributed by atoms with Gasteiger partial charge in [0.2, 0.25) is 0 Å². The summed E-state index contributed by atoms with van der Waals surface area (Å²) in [5, 5.41) is 24.7. The van der Waals surface area contributed by atoms with Crippen molar-refractivity contribution in [3.05, 3.63) is 57.1 Å². The predicted molar refractivity (Wildman–Crippen MR) is 121 cm³/mol. The van der Waals surface area contributed by atoms with Crippen molar-refractivity contribution in [3.63, 3.8) is 0 Å². The Balaban J connectivity index is 1.55. The lowest BCUT2D eigenvalue weighted by Gasteiger charge is -2.34. The SMILES string of the molecule is Cc1nc(N[C@H](C)c2cccc3c2OCC3(F)F)c2cc([C@]3(O)CC[C@@H](O)CC3)c(=O)[nH]c2n1. The third kappa shape index (κ3) is 3.80. The van der Waals surface area contributed by atoms with E-state index in [2.05, 4.69) is 20.3 Å².